The quantitative estimate of drug-likeness (QED) is 0.114. The van der Waals surface area contributed by atoms with Crippen molar-refractivity contribution < 1.29 is 4.42 Å². The molecule has 2 heterocycles. The largest absolute Gasteiger partial charge is 0.456 e. The molecule has 0 radical (unpaired) electrons. The molecule has 2 aromatic heterocycles. The second-order valence-electron chi connectivity index (χ2n) is 17.6. The van der Waals surface area contributed by atoms with E-state index in [0.717, 1.165) is 58.8 Å². The molecule has 67 heavy (non-hydrogen) atoms. The number of thiophene rings is 1. The lowest BCUT2D eigenvalue weighted by Gasteiger charge is -2.39. The average molecular weight is 882 g/mol. The van der Waals surface area contributed by atoms with Crippen LogP contribution in [-0.2, 0) is 0 Å². The maximum Gasteiger partial charge on any atom is 0.135 e. The first-order valence-electron chi connectivity index (χ1n) is 23.5. The molecule has 324 valence electrons. The van der Waals surface area contributed by atoms with Crippen molar-refractivity contribution in [3.63, 3.8) is 0 Å². The highest BCUT2D eigenvalue weighted by atomic mass is 32.1. The molecule has 0 bridgehead atoms. The van der Waals surface area contributed by atoms with Gasteiger partial charge in [0.25, 0.3) is 0 Å². The van der Waals surface area contributed by atoms with Crippen molar-refractivity contribution >= 4 is 56.3 Å². The van der Waals surface area contributed by atoms with Crippen LogP contribution in [-0.4, -0.2) is 6.04 Å². The number of fused-ring (bicyclic) bond motifs is 3. The summed E-state index contributed by atoms with van der Waals surface area (Å²) in [4.78, 5) is 5.13. The van der Waals surface area contributed by atoms with Crippen LogP contribution in [0.25, 0.3) is 76.7 Å². The average Bonchev–Trinajstić information content (AvgIpc) is 4.05. The second kappa shape index (κ2) is 19.0. The van der Waals surface area contributed by atoms with E-state index < -0.39 is 0 Å². The summed E-state index contributed by atoms with van der Waals surface area (Å²) in [6.07, 6.45) is 12.9. The molecule has 0 N–H and O–H groups in total. The zero-order chi connectivity index (χ0) is 44.9. The number of nitrogens with zero attached hydrogens (tertiary/aromatic N) is 1. The molecule has 11 rings (SSSR count). The molecule has 0 unspecified atom stereocenters. The minimum atomic E-state index is 0.386. The standard InChI is InChI=1S/C64H51NOS/c1-2-46(17-11-14-45-12-5-3-6-13-45)48-28-35-56(36-29-48)65(57-37-30-51(31-38-57)50-22-20-49(21-23-50)47-15-7-4-8-16-47)58-39-32-54(33-40-58)64-43-42-63(67-64)53-26-24-52(25-27-53)55-34-41-62-60(44-55)59-18-9-10-19-61(59)66-62/h2-29,32-36,39-44,51,57H,1,30-31,37-38H2. The summed E-state index contributed by atoms with van der Waals surface area (Å²) in [6, 6.07) is 77.4. The minimum absolute atomic E-state index is 0.386. The van der Waals surface area contributed by atoms with Gasteiger partial charge < -0.3 is 9.32 Å². The molecule has 0 atom stereocenters. The van der Waals surface area contributed by atoms with Gasteiger partial charge in [-0.3, -0.25) is 0 Å². The zero-order valence-electron chi connectivity index (χ0n) is 37.5. The van der Waals surface area contributed by atoms with Crippen LogP contribution >= 0.6 is 11.3 Å². The molecule has 1 aliphatic carbocycles. The number of para-hydroxylation sites is 1. The first-order valence-corrected chi connectivity index (χ1v) is 24.3. The Morgan fingerprint density at radius 2 is 1.03 bits per heavy atom. The van der Waals surface area contributed by atoms with Crippen LogP contribution in [0.3, 0.4) is 0 Å². The predicted molar refractivity (Wildman–Crippen MR) is 287 cm³/mol. The van der Waals surface area contributed by atoms with Crippen LogP contribution in [0.1, 0.15) is 48.3 Å². The van der Waals surface area contributed by atoms with Gasteiger partial charge >= 0.3 is 0 Å². The summed E-state index contributed by atoms with van der Waals surface area (Å²) in [6.45, 7) is 4.16. The van der Waals surface area contributed by atoms with E-state index in [4.69, 9.17) is 4.42 Å². The van der Waals surface area contributed by atoms with E-state index in [1.165, 1.54) is 65.6 Å². The predicted octanol–water partition coefficient (Wildman–Crippen LogP) is 18.5. The highest BCUT2D eigenvalue weighted by Gasteiger charge is 2.28. The maximum atomic E-state index is 6.08. The number of benzene rings is 8. The smallest absolute Gasteiger partial charge is 0.135 e. The number of rotatable bonds is 12. The van der Waals surface area contributed by atoms with Gasteiger partial charge in [-0.1, -0.05) is 189 Å². The summed E-state index contributed by atoms with van der Waals surface area (Å²) >= 11 is 1.85. The van der Waals surface area contributed by atoms with Crippen LogP contribution in [0.15, 0.2) is 242 Å². The number of allylic oxidation sites excluding steroid dienone is 4. The molecule has 1 aliphatic rings. The molecule has 10 aromatic rings. The zero-order valence-corrected chi connectivity index (χ0v) is 38.3. The Kier molecular flexibility index (Phi) is 11.9. The number of hydrogen-bond acceptors (Lipinski definition) is 3. The molecule has 1 fully saturated rings. The summed E-state index contributed by atoms with van der Waals surface area (Å²) < 4.78 is 6.08. The van der Waals surface area contributed by atoms with Gasteiger partial charge in [0, 0.05) is 37.9 Å². The van der Waals surface area contributed by atoms with Crippen LogP contribution in [0.2, 0.25) is 0 Å². The van der Waals surface area contributed by atoms with Gasteiger partial charge in [0.15, 0.2) is 0 Å². The van der Waals surface area contributed by atoms with Crippen molar-refractivity contribution in [1.82, 2.24) is 0 Å². The molecule has 0 saturated heterocycles. The number of hydrogen-bond donors (Lipinski definition) is 0. The monoisotopic (exact) mass is 881 g/mol. The molecule has 0 aliphatic heterocycles. The van der Waals surface area contributed by atoms with Crippen molar-refractivity contribution in [1.29, 1.82) is 0 Å². The molecule has 3 heteroatoms. The summed E-state index contributed by atoms with van der Waals surface area (Å²) in [5.41, 5.74) is 16.6. The third kappa shape index (κ3) is 8.99. The van der Waals surface area contributed by atoms with E-state index in [-0.39, 0.29) is 0 Å². The van der Waals surface area contributed by atoms with Crippen LogP contribution in [0.5, 0.6) is 0 Å². The lowest BCUT2D eigenvalue weighted by atomic mass is 9.80. The van der Waals surface area contributed by atoms with Crippen molar-refractivity contribution in [3.8, 4) is 43.1 Å². The highest BCUT2D eigenvalue weighted by molar-refractivity contribution is 7.18. The molecule has 8 aromatic carbocycles. The van der Waals surface area contributed by atoms with E-state index in [1.54, 1.807) is 0 Å². The van der Waals surface area contributed by atoms with Crippen LogP contribution in [0, 0.1) is 0 Å². The van der Waals surface area contributed by atoms with Crippen LogP contribution < -0.4 is 4.90 Å². The fraction of sp³-hybridized carbons (Fsp3) is 0.0938. The van der Waals surface area contributed by atoms with E-state index in [9.17, 15) is 0 Å². The van der Waals surface area contributed by atoms with E-state index in [0.29, 0.717) is 12.0 Å². The fourth-order valence-corrected chi connectivity index (χ4v) is 10.9. The fourth-order valence-electron chi connectivity index (χ4n) is 9.91. The molecule has 0 amide bonds. The number of furan rings is 1. The SMILES string of the molecule is C=CC(=CC=Cc1ccccc1)c1ccc(N(c2ccc(-c3ccc(-c4ccc(-c5ccc6oc7ccccc7c6c5)cc4)s3)cc2)C2CCC(c3ccc(-c4ccccc4)cc3)CC2)cc1. The second-order valence-corrected chi connectivity index (χ2v) is 18.7. The van der Waals surface area contributed by atoms with Gasteiger partial charge in [0.2, 0.25) is 0 Å². The van der Waals surface area contributed by atoms with E-state index in [1.807, 2.05) is 35.6 Å². The highest BCUT2D eigenvalue weighted by Crippen LogP contribution is 2.42. The van der Waals surface area contributed by atoms with E-state index >= 15 is 0 Å². The summed E-state index contributed by atoms with van der Waals surface area (Å²) in [5, 5.41) is 2.30. The Bertz CT molecular complexity index is 3330. The summed E-state index contributed by atoms with van der Waals surface area (Å²) in [5.74, 6) is 0.563. The first-order chi connectivity index (χ1) is 33.1. The number of anilines is 2. The van der Waals surface area contributed by atoms with Gasteiger partial charge in [-0.2, -0.15) is 0 Å². The Morgan fingerprint density at radius 1 is 0.493 bits per heavy atom. The van der Waals surface area contributed by atoms with Gasteiger partial charge in [-0.05, 0) is 142 Å². The third-order valence-electron chi connectivity index (χ3n) is 13.5. The molecule has 1 saturated carbocycles. The van der Waals surface area contributed by atoms with Crippen molar-refractivity contribution in [2.24, 2.45) is 0 Å². The molecule has 2 nitrogen and oxygen atoms in total. The first kappa shape index (κ1) is 41.9. The third-order valence-corrected chi connectivity index (χ3v) is 14.7. The molecular weight excluding hydrogens is 831 g/mol. The van der Waals surface area contributed by atoms with Crippen LogP contribution in [0.4, 0.5) is 11.4 Å². The Hall–Kier alpha value is -7.72. The Labute approximate surface area is 398 Å². The van der Waals surface area contributed by atoms with Gasteiger partial charge in [-0.15, -0.1) is 11.3 Å². The van der Waals surface area contributed by atoms with Gasteiger partial charge in [0.05, 0.1) is 0 Å². The van der Waals surface area contributed by atoms with E-state index in [2.05, 4.69) is 224 Å². The van der Waals surface area contributed by atoms with Gasteiger partial charge in [0.1, 0.15) is 11.2 Å². The topological polar surface area (TPSA) is 16.4 Å². The molecule has 0 spiro atoms. The van der Waals surface area contributed by atoms with Crippen molar-refractivity contribution in [2.75, 3.05) is 4.90 Å². The van der Waals surface area contributed by atoms with Crippen molar-refractivity contribution in [2.45, 2.75) is 37.6 Å². The van der Waals surface area contributed by atoms with Gasteiger partial charge in [-0.25, -0.2) is 0 Å². The summed E-state index contributed by atoms with van der Waals surface area (Å²) in [7, 11) is 0. The lowest BCUT2D eigenvalue weighted by molar-refractivity contribution is 0.392. The lowest BCUT2D eigenvalue weighted by Crippen LogP contribution is -2.34. The normalized spacial score (nSPS) is 15.3. The molecular formula is C64H51NOS. The Balaban J connectivity index is 0.829. The Morgan fingerprint density at radius 3 is 1.72 bits per heavy atom. The van der Waals surface area contributed by atoms with Crippen molar-refractivity contribution in [3.05, 3.63) is 254 Å². The maximum absolute atomic E-state index is 6.08. The minimum Gasteiger partial charge on any atom is -0.456 e.